The second-order valence-electron chi connectivity index (χ2n) is 3.83. The Labute approximate surface area is 105 Å². The third-order valence-electron chi connectivity index (χ3n) is 2.56. The van der Waals surface area contributed by atoms with Crippen molar-refractivity contribution in [3.63, 3.8) is 0 Å². The van der Waals surface area contributed by atoms with Crippen LogP contribution in [0.5, 0.6) is 0 Å². The Hall–Kier alpha value is -2.67. The molecule has 1 amide bonds. The van der Waals surface area contributed by atoms with Crippen LogP contribution in [-0.4, -0.2) is 10.9 Å². The van der Waals surface area contributed by atoms with E-state index in [1.807, 2.05) is 13.0 Å². The monoisotopic (exact) mass is 237 g/mol. The predicted molar refractivity (Wildman–Crippen MR) is 68.1 cm³/mol. The molecular formula is C14H11N3O. The minimum absolute atomic E-state index is 0.203. The third kappa shape index (κ3) is 2.53. The zero-order valence-electron chi connectivity index (χ0n) is 9.84. The van der Waals surface area contributed by atoms with Gasteiger partial charge in [0.25, 0.3) is 5.91 Å². The van der Waals surface area contributed by atoms with Crippen LogP contribution in [0.2, 0.25) is 0 Å². The molecule has 0 fully saturated rings. The summed E-state index contributed by atoms with van der Waals surface area (Å²) in [4.78, 5) is 15.9. The van der Waals surface area contributed by atoms with E-state index in [0.29, 0.717) is 16.8 Å². The van der Waals surface area contributed by atoms with Gasteiger partial charge in [0.1, 0.15) is 0 Å². The molecule has 0 saturated heterocycles. The maximum atomic E-state index is 12.0. The highest BCUT2D eigenvalue weighted by Gasteiger charge is 2.08. The fraction of sp³-hybridized carbons (Fsp3) is 0.0714. The molecule has 1 aromatic carbocycles. The Bertz CT molecular complexity index is 612. The van der Waals surface area contributed by atoms with Crippen LogP contribution in [0.15, 0.2) is 42.7 Å². The Balaban J connectivity index is 2.17. The molecule has 1 aromatic heterocycles. The summed E-state index contributed by atoms with van der Waals surface area (Å²) in [5, 5.41) is 11.4. The lowest BCUT2D eigenvalue weighted by atomic mass is 10.1. The van der Waals surface area contributed by atoms with Crippen molar-refractivity contribution in [3.05, 3.63) is 59.4 Å². The lowest BCUT2D eigenvalue weighted by molar-refractivity contribution is 0.102. The van der Waals surface area contributed by atoms with Crippen molar-refractivity contribution >= 4 is 11.6 Å². The molecule has 0 aliphatic rings. The summed E-state index contributed by atoms with van der Waals surface area (Å²) in [5.41, 5.74) is 2.63. The van der Waals surface area contributed by atoms with Gasteiger partial charge in [0.2, 0.25) is 0 Å². The second kappa shape index (κ2) is 5.11. The Morgan fingerprint density at radius 1 is 1.28 bits per heavy atom. The average molecular weight is 237 g/mol. The van der Waals surface area contributed by atoms with Crippen molar-refractivity contribution in [2.75, 3.05) is 5.32 Å². The van der Waals surface area contributed by atoms with E-state index in [-0.39, 0.29) is 5.91 Å². The maximum Gasteiger partial charge on any atom is 0.257 e. The van der Waals surface area contributed by atoms with E-state index in [1.54, 1.807) is 36.5 Å². The number of nitrogens with one attached hydrogen (secondary N) is 1. The number of benzene rings is 1. The quantitative estimate of drug-likeness (QED) is 0.872. The first-order valence-electron chi connectivity index (χ1n) is 5.43. The first-order chi connectivity index (χ1) is 8.70. The van der Waals surface area contributed by atoms with Gasteiger partial charge in [0.05, 0.1) is 17.2 Å². The Morgan fingerprint density at radius 3 is 2.61 bits per heavy atom. The molecule has 2 rings (SSSR count). The zero-order chi connectivity index (χ0) is 13.0. The van der Waals surface area contributed by atoms with Crippen molar-refractivity contribution in [3.8, 4) is 6.07 Å². The summed E-state index contributed by atoms with van der Waals surface area (Å²) in [6.45, 7) is 1.86. The zero-order valence-corrected chi connectivity index (χ0v) is 9.84. The smallest absolute Gasteiger partial charge is 0.257 e. The minimum Gasteiger partial charge on any atom is -0.322 e. The number of carbonyl (C=O) groups is 1. The van der Waals surface area contributed by atoms with Gasteiger partial charge >= 0.3 is 0 Å². The minimum atomic E-state index is -0.203. The van der Waals surface area contributed by atoms with Crippen molar-refractivity contribution in [2.45, 2.75) is 6.92 Å². The summed E-state index contributed by atoms with van der Waals surface area (Å²) < 4.78 is 0. The first-order valence-corrected chi connectivity index (χ1v) is 5.43. The Morgan fingerprint density at radius 2 is 2.00 bits per heavy atom. The number of nitrogens with zero attached hydrogens (tertiary/aromatic N) is 2. The molecule has 2 aromatic rings. The number of nitriles is 1. The fourth-order valence-corrected chi connectivity index (χ4v) is 1.53. The third-order valence-corrected chi connectivity index (χ3v) is 2.56. The summed E-state index contributed by atoms with van der Waals surface area (Å²) in [6, 6.07) is 10.5. The SMILES string of the molecule is Cc1ccncc1C(=O)Nc1ccc(C#N)cc1. The Kier molecular flexibility index (Phi) is 3.35. The highest BCUT2D eigenvalue weighted by molar-refractivity contribution is 6.05. The largest absolute Gasteiger partial charge is 0.322 e. The van der Waals surface area contributed by atoms with Gasteiger partial charge < -0.3 is 5.32 Å². The molecule has 0 aliphatic carbocycles. The van der Waals surface area contributed by atoms with Gasteiger partial charge in [-0.2, -0.15) is 5.26 Å². The lowest BCUT2D eigenvalue weighted by Crippen LogP contribution is -2.13. The number of carbonyl (C=O) groups excluding carboxylic acids is 1. The summed E-state index contributed by atoms with van der Waals surface area (Å²) in [6.07, 6.45) is 3.18. The number of aromatic nitrogens is 1. The lowest BCUT2D eigenvalue weighted by Gasteiger charge is -2.06. The molecule has 0 aliphatic heterocycles. The fourth-order valence-electron chi connectivity index (χ4n) is 1.53. The van der Waals surface area contributed by atoms with E-state index in [0.717, 1.165) is 5.56 Å². The summed E-state index contributed by atoms with van der Waals surface area (Å²) in [5.74, 6) is -0.203. The van der Waals surface area contributed by atoms with E-state index in [1.165, 1.54) is 6.20 Å². The summed E-state index contributed by atoms with van der Waals surface area (Å²) >= 11 is 0. The van der Waals surface area contributed by atoms with E-state index in [4.69, 9.17) is 5.26 Å². The number of rotatable bonds is 2. The van der Waals surface area contributed by atoms with Gasteiger partial charge in [-0.25, -0.2) is 0 Å². The van der Waals surface area contributed by atoms with Crippen LogP contribution in [0, 0.1) is 18.3 Å². The number of hydrogen-bond donors (Lipinski definition) is 1. The van der Waals surface area contributed by atoms with Crippen LogP contribution in [-0.2, 0) is 0 Å². The maximum absolute atomic E-state index is 12.0. The van der Waals surface area contributed by atoms with Crippen LogP contribution in [0.1, 0.15) is 21.5 Å². The van der Waals surface area contributed by atoms with Gasteiger partial charge in [-0.3, -0.25) is 9.78 Å². The molecular weight excluding hydrogens is 226 g/mol. The van der Waals surface area contributed by atoms with Gasteiger partial charge in [-0.15, -0.1) is 0 Å². The van der Waals surface area contributed by atoms with Gasteiger partial charge in [0, 0.05) is 18.1 Å². The first kappa shape index (κ1) is 11.8. The normalized spacial score (nSPS) is 9.56. The number of amides is 1. The van der Waals surface area contributed by atoms with Crippen molar-refractivity contribution in [1.82, 2.24) is 4.98 Å². The second-order valence-corrected chi connectivity index (χ2v) is 3.83. The van der Waals surface area contributed by atoms with Crippen LogP contribution in [0.25, 0.3) is 0 Å². The molecule has 0 spiro atoms. The number of aryl methyl sites for hydroxylation is 1. The highest BCUT2D eigenvalue weighted by atomic mass is 16.1. The molecule has 0 atom stereocenters. The molecule has 1 heterocycles. The average Bonchev–Trinajstić information content (AvgIpc) is 2.40. The van der Waals surface area contributed by atoms with Gasteiger partial charge in [-0.1, -0.05) is 0 Å². The topological polar surface area (TPSA) is 65.8 Å². The highest BCUT2D eigenvalue weighted by Crippen LogP contribution is 2.12. The number of hydrogen-bond acceptors (Lipinski definition) is 3. The molecule has 0 saturated carbocycles. The molecule has 0 unspecified atom stereocenters. The van der Waals surface area contributed by atoms with Crippen LogP contribution >= 0.6 is 0 Å². The number of pyridine rings is 1. The predicted octanol–water partition coefficient (Wildman–Crippen LogP) is 2.51. The van der Waals surface area contributed by atoms with Crippen molar-refractivity contribution < 1.29 is 4.79 Å². The molecule has 1 N–H and O–H groups in total. The van der Waals surface area contributed by atoms with Crippen molar-refractivity contribution in [2.24, 2.45) is 0 Å². The van der Waals surface area contributed by atoms with E-state index in [9.17, 15) is 4.79 Å². The van der Waals surface area contributed by atoms with Gasteiger partial charge in [0.15, 0.2) is 0 Å². The van der Waals surface area contributed by atoms with Crippen LogP contribution < -0.4 is 5.32 Å². The molecule has 88 valence electrons. The molecule has 0 radical (unpaired) electrons. The van der Waals surface area contributed by atoms with E-state index in [2.05, 4.69) is 10.3 Å². The molecule has 0 bridgehead atoms. The number of anilines is 1. The molecule has 18 heavy (non-hydrogen) atoms. The summed E-state index contributed by atoms with van der Waals surface area (Å²) in [7, 11) is 0. The van der Waals surface area contributed by atoms with Crippen LogP contribution in [0.4, 0.5) is 5.69 Å². The van der Waals surface area contributed by atoms with Gasteiger partial charge in [-0.05, 0) is 42.8 Å². The van der Waals surface area contributed by atoms with E-state index >= 15 is 0 Å². The standard InChI is InChI=1S/C14H11N3O/c1-10-6-7-16-9-13(10)14(18)17-12-4-2-11(8-15)3-5-12/h2-7,9H,1H3,(H,17,18). The van der Waals surface area contributed by atoms with E-state index < -0.39 is 0 Å². The molecule has 4 nitrogen and oxygen atoms in total. The van der Waals surface area contributed by atoms with Crippen molar-refractivity contribution in [1.29, 1.82) is 5.26 Å². The van der Waals surface area contributed by atoms with Crippen LogP contribution in [0.3, 0.4) is 0 Å². The molecule has 4 heteroatoms.